The number of nitrogens with zero attached hydrogens (tertiary/aromatic N) is 1. The molecular formula is C14H19ClN2O2S. The predicted molar refractivity (Wildman–Crippen MR) is 80.5 cm³/mol. The van der Waals surface area contributed by atoms with E-state index in [-0.39, 0.29) is 12.1 Å². The number of nitrogens with one attached hydrogen (secondary N) is 1. The minimum Gasteiger partial charge on any atom is -0.296 e. The molecule has 2 atom stereocenters. The molecule has 0 bridgehead atoms. The summed E-state index contributed by atoms with van der Waals surface area (Å²) < 4.78 is 25.6. The van der Waals surface area contributed by atoms with Crippen LogP contribution in [-0.2, 0) is 16.4 Å². The molecule has 1 aromatic rings. The minimum atomic E-state index is -3.14. The molecule has 4 nitrogen and oxygen atoms in total. The number of fused-ring (bicyclic) bond motifs is 3. The first-order valence-corrected chi connectivity index (χ1v) is 9.19. The zero-order valence-electron chi connectivity index (χ0n) is 11.5. The Morgan fingerprint density at radius 1 is 1.35 bits per heavy atom. The Morgan fingerprint density at radius 2 is 2.15 bits per heavy atom. The second-order valence-electron chi connectivity index (χ2n) is 5.76. The molecule has 0 unspecified atom stereocenters. The van der Waals surface area contributed by atoms with Crippen molar-refractivity contribution in [3.05, 3.63) is 34.3 Å². The highest BCUT2D eigenvalue weighted by Gasteiger charge is 2.34. The molecule has 1 aromatic carbocycles. The van der Waals surface area contributed by atoms with Crippen LogP contribution in [0.5, 0.6) is 0 Å². The molecule has 0 saturated carbocycles. The highest BCUT2D eigenvalue weighted by molar-refractivity contribution is 7.88. The van der Waals surface area contributed by atoms with Crippen molar-refractivity contribution < 1.29 is 8.42 Å². The Hall–Kier alpha value is -0.620. The number of hydrogen-bond donors (Lipinski definition) is 1. The Kier molecular flexibility index (Phi) is 3.79. The van der Waals surface area contributed by atoms with Crippen LogP contribution in [0.2, 0.25) is 5.02 Å². The standard InChI is InChI=1S/C14H19ClN2O2S/c1-20(18,19)16-12-5-7-17-6-4-10-2-3-11(15)8-13(10)14(17)9-12/h2-3,8,12,14,16H,4-7,9H2,1H3/t12-,14+/m1/s1. The second kappa shape index (κ2) is 5.30. The SMILES string of the molecule is CS(=O)(=O)N[C@@H]1CCN2CCc3ccc(Cl)cc3[C@@H]2C1. The molecule has 0 radical (unpaired) electrons. The molecule has 20 heavy (non-hydrogen) atoms. The molecule has 0 amide bonds. The van der Waals surface area contributed by atoms with Gasteiger partial charge in [0.15, 0.2) is 0 Å². The van der Waals surface area contributed by atoms with E-state index in [4.69, 9.17) is 11.6 Å². The molecule has 110 valence electrons. The maximum absolute atomic E-state index is 11.4. The highest BCUT2D eigenvalue weighted by atomic mass is 35.5. The molecule has 6 heteroatoms. The maximum Gasteiger partial charge on any atom is 0.208 e. The summed E-state index contributed by atoms with van der Waals surface area (Å²) in [6, 6.07) is 6.38. The van der Waals surface area contributed by atoms with Gasteiger partial charge in [-0.3, -0.25) is 4.90 Å². The van der Waals surface area contributed by atoms with Crippen LogP contribution in [0, 0.1) is 0 Å². The lowest BCUT2D eigenvalue weighted by Gasteiger charge is -2.43. The Bertz CT molecular complexity index is 618. The fraction of sp³-hybridized carbons (Fsp3) is 0.571. The number of hydrogen-bond acceptors (Lipinski definition) is 3. The van der Waals surface area contributed by atoms with Crippen molar-refractivity contribution in [1.82, 2.24) is 9.62 Å². The summed E-state index contributed by atoms with van der Waals surface area (Å²) in [6.45, 7) is 1.98. The molecule has 1 N–H and O–H groups in total. The average molecular weight is 315 g/mol. The third-order valence-electron chi connectivity index (χ3n) is 4.23. The van der Waals surface area contributed by atoms with Gasteiger partial charge in [0.05, 0.1) is 6.26 Å². The number of benzene rings is 1. The van der Waals surface area contributed by atoms with Crippen molar-refractivity contribution in [3.8, 4) is 0 Å². The van der Waals surface area contributed by atoms with E-state index < -0.39 is 10.0 Å². The largest absolute Gasteiger partial charge is 0.296 e. The van der Waals surface area contributed by atoms with Gasteiger partial charge in [0.1, 0.15) is 0 Å². The van der Waals surface area contributed by atoms with Crippen LogP contribution in [0.4, 0.5) is 0 Å². The van der Waals surface area contributed by atoms with E-state index >= 15 is 0 Å². The Labute approximate surface area is 125 Å². The number of piperidine rings is 1. The Balaban J connectivity index is 1.85. The van der Waals surface area contributed by atoms with Crippen molar-refractivity contribution in [2.24, 2.45) is 0 Å². The maximum atomic E-state index is 11.4. The van der Waals surface area contributed by atoms with Crippen molar-refractivity contribution in [3.63, 3.8) is 0 Å². The van der Waals surface area contributed by atoms with Crippen molar-refractivity contribution in [2.45, 2.75) is 31.3 Å². The molecular weight excluding hydrogens is 296 g/mol. The highest BCUT2D eigenvalue weighted by Crippen LogP contribution is 2.37. The van der Waals surface area contributed by atoms with E-state index in [1.54, 1.807) is 0 Å². The Morgan fingerprint density at radius 3 is 2.90 bits per heavy atom. The molecule has 3 rings (SSSR count). The molecule has 2 aliphatic heterocycles. The van der Waals surface area contributed by atoms with Gasteiger partial charge in [0.2, 0.25) is 10.0 Å². The van der Waals surface area contributed by atoms with Gasteiger partial charge in [-0.2, -0.15) is 0 Å². The van der Waals surface area contributed by atoms with E-state index in [1.165, 1.54) is 17.4 Å². The molecule has 0 aliphatic carbocycles. The van der Waals surface area contributed by atoms with Crippen molar-refractivity contribution in [1.29, 1.82) is 0 Å². The first-order chi connectivity index (χ1) is 9.42. The van der Waals surface area contributed by atoms with Gasteiger partial charge in [0.25, 0.3) is 0 Å². The minimum absolute atomic E-state index is 0.0242. The fourth-order valence-electron chi connectivity index (χ4n) is 3.38. The first-order valence-electron chi connectivity index (χ1n) is 6.92. The third kappa shape index (κ3) is 3.01. The number of halogens is 1. The van der Waals surface area contributed by atoms with Crippen LogP contribution >= 0.6 is 11.6 Å². The molecule has 0 aromatic heterocycles. The van der Waals surface area contributed by atoms with E-state index in [1.807, 2.05) is 12.1 Å². The van der Waals surface area contributed by atoms with E-state index in [0.717, 1.165) is 37.4 Å². The van der Waals surface area contributed by atoms with Crippen LogP contribution in [0.1, 0.15) is 30.0 Å². The van der Waals surface area contributed by atoms with Crippen LogP contribution < -0.4 is 4.72 Å². The van der Waals surface area contributed by atoms with E-state index in [9.17, 15) is 8.42 Å². The summed E-state index contributed by atoms with van der Waals surface area (Å²) in [5.41, 5.74) is 2.61. The lowest BCUT2D eigenvalue weighted by Crippen LogP contribution is -2.48. The van der Waals surface area contributed by atoms with Gasteiger partial charge >= 0.3 is 0 Å². The zero-order valence-corrected chi connectivity index (χ0v) is 13.0. The number of sulfonamides is 1. The first kappa shape index (κ1) is 14.3. The van der Waals surface area contributed by atoms with Gasteiger partial charge in [-0.25, -0.2) is 13.1 Å². The van der Waals surface area contributed by atoms with Gasteiger partial charge in [-0.1, -0.05) is 17.7 Å². The lowest BCUT2D eigenvalue weighted by atomic mass is 9.85. The smallest absolute Gasteiger partial charge is 0.208 e. The van der Waals surface area contributed by atoms with Gasteiger partial charge in [0, 0.05) is 30.2 Å². The van der Waals surface area contributed by atoms with Crippen LogP contribution in [0.15, 0.2) is 18.2 Å². The van der Waals surface area contributed by atoms with Crippen LogP contribution in [0.25, 0.3) is 0 Å². The lowest BCUT2D eigenvalue weighted by molar-refractivity contribution is 0.122. The fourth-order valence-corrected chi connectivity index (χ4v) is 4.38. The summed E-state index contributed by atoms with van der Waals surface area (Å²) >= 11 is 6.12. The summed E-state index contributed by atoms with van der Waals surface area (Å²) in [5.74, 6) is 0. The molecule has 2 heterocycles. The topological polar surface area (TPSA) is 49.4 Å². The summed E-state index contributed by atoms with van der Waals surface area (Å²) in [6.07, 6.45) is 3.97. The number of rotatable bonds is 2. The third-order valence-corrected chi connectivity index (χ3v) is 5.23. The predicted octanol–water partition coefficient (Wildman–Crippen LogP) is 1.95. The van der Waals surface area contributed by atoms with Crippen molar-refractivity contribution in [2.75, 3.05) is 19.3 Å². The zero-order chi connectivity index (χ0) is 14.3. The van der Waals surface area contributed by atoms with Gasteiger partial charge in [-0.05, 0) is 42.5 Å². The summed E-state index contributed by atoms with van der Waals surface area (Å²) in [7, 11) is -3.14. The quantitative estimate of drug-likeness (QED) is 0.907. The monoisotopic (exact) mass is 314 g/mol. The van der Waals surface area contributed by atoms with Gasteiger partial charge < -0.3 is 0 Å². The second-order valence-corrected chi connectivity index (χ2v) is 7.97. The van der Waals surface area contributed by atoms with E-state index in [0.29, 0.717) is 0 Å². The summed E-state index contributed by atoms with van der Waals surface area (Å²) in [5, 5.41) is 0.754. The van der Waals surface area contributed by atoms with E-state index in [2.05, 4.69) is 15.7 Å². The van der Waals surface area contributed by atoms with Crippen LogP contribution in [-0.4, -0.2) is 38.7 Å². The normalized spacial score (nSPS) is 26.9. The summed E-state index contributed by atoms with van der Waals surface area (Å²) in [4.78, 5) is 2.44. The van der Waals surface area contributed by atoms with Gasteiger partial charge in [-0.15, -0.1) is 0 Å². The van der Waals surface area contributed by atoms with Crippen molar-refractivity contribution >= 4 is 21.6 Å². The van der Waals surface area contributed by atoms with Crippen LogP contribution in [0.3, 0.4) is 0 Å². The molecule has 0 spiro atoms. The average Bonchev–Trinajstić information content (AvgIpc) is 2.36. The molecule has 2 aliphatic rings. The molecule has 1 fully saturated rings. The molecule has 1 saturated heterocycles.